The summed E-state index contributed by atoms with van der Waals surface area (Å²) in [6.07, 6.45) is 0.186. The van der Waals surface area contributed by atoms with Crippen LogP contribution in [0.3, 0.4) is 0 Å². The van der Waals surface area contributed by atoms with Gasteiger partial charge in [0.2, 0.25) is 5.79 Å². The third-order valence-electron chi connectivity index (χ3n) is 3.96. The van der Waals surface area contributed by atoms with Crippen molar-refractivity contribution in [2.45, 2.75) is 44.4 Å². The lowest BCUT2D eigenvalue weighted by atomic mass is 10.0. The summed E-state index contributed by atoms with van der Waals surface area (Å²) in [4.78, 5) is 3.88. The van der Waals surface area contributed by atoms with Crippen LogP contribution in [0.4, 0.5) is 13.2 Å². The fourth-order valence-electron chi connectivity index (χ4n) is 2.80. The zero-order valence-electron chi connectivity index (χ0n) is 13.2. The molecule has 2 heterocycles. The van der Waals surface area contributed by atoms with E-state index in [0.29, 0.717) is 12.2 Å². The summed E-state index contributed by atoms with van der Waals surface area (Å²) in [5.74, 6) is -1.16. The van der Waals surface area contributed by atoms with Crippen molar-refractivity contribution in [1.82, 2.24) is 14.8 Å². The summed E-state index contributed by atoms with van der Waals surface area (Å²) < 4.78 is 51.9. The maximum absolute atomic E-state index is 12.8. The van der Waals surface area contributed by atoms with Gasteiger partial charge in [-0.1, -0.05) is 25.5 Å². The fraction of sp³-hybridized carbons (Fsp3) is 0.500. The molecule has 0 amide bonds. The molecule has 8 heteroatoms. The Kier molecular flexibility index (Phi) is 4.60. The molecule has 3 rings (SSSR count). The smallest absolute Gasteiger partial charge is 0.342 e. The predicted molar refractivity (Wildman–Crippen MR) is 78.9 cm³/mol. The SMILES string of the molecule is CCC[C@@H]1CO[C@](Cn2cncn2)(c2ccc(C(F)(F)F)cc2)O1. The first kappa shape index (κ1) is 16.9. The lowest BCUT2D eigenvalue weighted by Crippen LogP contribution is -2.34. The normalized spacial score (nSPS) is 24.4. The minimum absolute atomic E-state index is 0.0965. The van der Waals surface area contributed by atoms with Crippen LogP contribution in [-0.2, 0) is 28.0 Å². The van der Waals surface area contributed by atoms with E-state index in [9.17, 15) is 13.2 Å². The number of alkyl halides is 3. The Morgan fingerprint density at radius 1 is 1.29 bits per heavy atom. The molecule has 0 radical (unpaired) electrons. The second-order valence-corrected chi connectivity index (χ2v) is 5.76. The van der Waals surface area contributed by atoms with E-state index < -0.39 is 17.5 Å². The molecule has 2 aromatic rings. The van der Waals surface area contributed by atoms with Gasteiger partial charge in [-0.25, -0.2) is 9.67 Å². The van der Waals surface area contributed by atoms with Crippen molar-refractivity contribution in [2.24, 2.45) is 0 Å². The maximum Gasteiger partial charge on any atom is 0.416 e. The number of hydrogen-bond donors (Lipinski definition) is 0. The molecule has 0 spiro atoms. The average molecular weight is 341 g/mol. The minimum atomic E-state index is -4.38. The summed E-state index contributed by atoms with van der Waals surface area (Å²) in [5, 5.41) is 4.04. The molecule has 0 saturated carbocycles. The highest BCUT2D eigenvalue weighted by molar-refractivity contribution is 5.28. The molecule has 1 aromatic heterocycles. The van der Waals surface area contributed by atoms with Crippen molar-refractivity contribution >= 4 is 0 Å². The largest absolute Gasteiger partial charge is 0.416 e. The van der Waals surface area contributed by atoms with Crippen LogP contribution < -0.4 is 0 Å². The van der Waals surface area contributed by atoms with Gasteiger partial charge in [0.25, 0.3) is 0 Å². The minimum Gasteiger partial charge on any atom is -0.342 e. The zero-order valence-corrected chi connectivity index (χ0v) is 13.2. The van der Waals surface area contributed by atoms with Crippen molar-refractivity contribution in [3.8, 4) is 0 Å². The van der Waals surface area contributed by atoms with Gasteiger partial charge in [0, 0.05) is 5.56 Å². The summed E-state index contributed by atoms with van der Waals surface area (Å²) in [6, 6.07) is 4.87. The lowest BCUT2D eigenvalue weighted by molar-refractivity contribution is -0.189. The maximum atomic E-state index is 12.8. The highest BCUT2D eigenvalue weighted by Crippen LogP contribution is 2.38. The molecular weight excluding hydrogens is 323 g/mol. The molecule has 130 valence electrons. The van der Waals surface area contributed by atoms with Gasteiger partial charge >= 0.3 is 6.18 Å². The summed E-state index contributed by atoms with van der Waals surface area (Å²) in [7, 11) is 0. The lowest BCUT2D eigenvalue weighted by Gasteiger charge is -2.28. The first-order valence-corrected chi connectivity index (χ1v) is 7.75. The highest BCUT2D eigenvalue weighted by atomic mass is 19.4. The molecule has 24 heavy (non-hydrogen) atoms. The molecule has 0 bridgehead atoms. The topological polar surface area (TPSA) is 49.2 Å². The van der Waals surface area contributed by atoms with Crippen molar-refractivity contribution in [2.75, 3.05) is 6.61 Å². The van der Waals surface area contributed by atoms with Crippen LogP contribution in [0.5, 0.6) is 0 Å². The summed E-state index contributed by atoms with van der Waals surface area (Å²) >= 11 is 0. The first-order chi connectivity index (χ1) is 11.4. The Balaban J connectivity index is 1.90. The Hall–Kier alpha value is -1.93. The Bertz CT molecular complexity index is 658. The van der Waals surface area contributed by atoms with E-state index in [1.165, 1.54) is 24.8 Å². The number of aromatic nitrogens is 3. The quantitative estimate of drug-likeness (QED) is 0.837. The van der Waals surface area contributed by atoms with E-state index in [1.807, 2.05) is 6.92 Å². The van der Waals surface area contributed by atoms with Crippen molar-refractivity contribution < 1.29 is 22.6 Å². The van der Waals surface area contributed by atoms with Gasteiger partial charge in [-0.3, -0.25) is 0 Å². The molecule has 1 aromatic carbocycles. The zero-order chi connectivity index (χ0) is 17.2. The third-order valence-corrected chi connectivity index (χ3v) is 3.96. The van der Waals surface area contributed by atoms with E-state index in [1.54, 1.807) is 4.68 Å². The van der Waals surface area contributed by atoms with Crippen LogP contribution in [-0.4, -0.2) is 27.5 Å². The van der Waals surface area contributed by atoms with E-state index in [4.69, 9.17) is 9.47 Å². The average Bonchev–Trinajstić information content (AvgIpc) is 3.18. The number of nitrogens with zero attached hydrogens (tertiary/aromatic N) is 3. The van der Waals surface area contributed by atoms with Crippen LogP contribution in [0.1, 0.15) is 30.9 Å². The molecule has 1 aliphatic heterocycles. The van der Waals surface area contributed by atoms with Gasteiger partial charge in [0.05, 0.1) is 18.3 Å². The number of benzene rings is 1. The molecular formula is C16H18F3N3O2. The fourth-order valence-corrected chi connectivity index (χ4v) is 2.80. The molecule has 1 saturated heterocycles. The summed E-state index contributed by atoms with van der Waals surface area (Å²) in [5.41, 5.74) is -0.171. The van der Waals surface area contributed by atoms with E-state index in [0.717, 1.165) is 25.0 Å². The van der Waals surface area contributed by atoms with Crippen molar-refractivity contribution in [3.05, 3.63) is 48.0 Å². The van der Waals surface area contributed by atoms with Gasteiger partial charge in [-0.2, -0.15) is 18.3 Å². The molecule has 2 atom stereocenters. The van der Waals surface area contributed by atoms with Crippen molar-refractivity contribution in [3.63, 3.8) is 0 Å². The number of ether oxygens (including phenoxy) is 2. The Morgan fingerprint density at radius 2 is 2.04 bits per heavy atom. The van der Waals surface area contributed by atoms with Crippen LogP contribution >= 0.6 is 0 Å². The predicted octanol–water partition coefficient (Wildman–Crippen LogP) is 3.37. The second kappa shape index (κ2) is 6.52. The first-order valence-electron chi connectivity index (χ1n) is 7.75. The molecule has 0 N–H and O–H groups in total. The van der Waals surface area contributed by atoms with Crippen LogP contribution in [0.2, 0.25) is 0 Å². The van der Waals surface area contributed by atoms with Crippen LogP contribution in [0.15, 0.2) is 36.9 Å². The monoisotopic (exact) mass is 341 g/mol. The van der Waals surface area contributed by atoms with Crippen LogP contribution in [0, 0.1) is 0 Å². The molecule has 0 aliphatic carbocycles. The Labute approximate surface area is 137 Å². The third kappa shape index (κ3) is 3.44. The second-order valence-electron chi connectivity index (χ2n) is 5.76. The molecule has 1 aliphatic rings. The van der Waals surface area contributed by atoms with E-state index in [-0.39, 0.29) is 12.6 Å². The van der Waals surface area contributed by atoms with Gasteiger partial charge < -0.3 is 9.47 Å². The van der Waals surface area contributed by atoms with E-state index in [2.05, 4.69) is 10.1 Å². The van der Waals surface area contributed by atoms with Gasteiger partial charge in [0.1, 0.15) is 19.2 Å². The number of hydrogen-bond acceptors (Lipinski definition) is 4. The van der Waals surface area contributed by atoms with Gasteiger partial charge in [-0.05, 0) is 18.6 Å². The number of halogens is 3. The summed E-state index contributed by atoms with van der Waals surface area (Å²) in [6.45, 7) is 2.65. The standard InChI is InChI=1S/C16H18F3N3O2/c1-2-3-14-8-23-15(24-14,9-22-11-20-10-21-22)12-4-6-13(7-5-12)16(17,18)19/h4-7,10-11,14H,2-3,8-9H2,1H3/t14-,15+/m1/s1. The Morgan fingerprint density at radius 3 is 2.62 bits per heavy atom. The highest BCUT2D eigenvalue weighted by Gasteiger charge is 2.44. The molecule has 1 fully saturated rings. The van der Waals surface area contributed by atoms with E-state index >= 15 is 0 Å². The van der Waals surface area contributed by atoms with Crippen LogP contribution in [0.25, 0.3) is 0 Å². The van der Waals surface area contributed by atoms with Gasteiger partial charge in [0.15, 0.2) is 0 Å². The van der Waals surface area contributed by atoms with Crippen molar-refractivity contribution in [1.29, 1.82) is 0 Å². The number of rotatable bonds is 5. The van der Waals surface area contributed by atoms with Gasteiger partial charge in [-0.15, -0.1) is 0 Å². The molecule has 5 nitrogen and oxygen atoms in total. The molecule has 0 unspecified atom stereocenters.